The first-order chi connectivity index (χ1) is 14.2. The summed E-state index contributed by atoms with van der Waals surface area (Å²) in [6.45, 7) is 2.14. The van der Waals surface area contributed by atoms with E-state index in [4.69, 9.17) is 4.42 Å². The standard InChI is InChI=1S/C24H32O6/c1-21-8-5-18-19(6-10-23(28)12-16(26)4-9-22(18,23)14-25)24(21,29)11-7-17(21)15-2-3-20(27)30-13-15/h2-3,13-14,16-19,26,28-29H,4-12H2,1H3/t16-,17+,18-,19+,21+,22-,23-,24-/m1/s1. The van der Waals surface area contributed by atoms with Gasteiger partial charge in [0.15, 0.2) is 0 Å². The average Bonchev–Trinajstić information content (AvgIpc) is 2.99. The number of fused-ring (bicyclic) bond motifs is 5. The number of hydrogen-bond acceptors (Lipinski definition) is 6. The van der Waals surface area contributed by atoms with Gasteiger partial charge < -0.3 is 24.5 Å². The van der Waals surface area contributed by atoms with Crippen molar-refractivity contribution in [1.82, 2.24) is 0 Å². The van der Waals surface area contributed by atoms with Gasteiger partial charge in [-0.3, -0.25) is 0 Å². The third-order valence-corrected chi connectivity index (χ3v) is 9.84. The first kappa shape index (κ1) is 20.4. The van der Waals surface area contributed by atoms with Crippen molar-refractivity contribution in [3.05, 3.63) is 34.4 Å². The van der Waals surface area contributed by atoms with E-state index in [1.807, 2.05) is 6.07 Å². The van der Waals surface area contributed by atoms with E-state index in [1.54, 1.807) is 0 Å². The number of aldehydes is 1. The van der Waals surface area contributed by atoms with E-state index in [1.165, 1.54) is 12.3 Å². The molecule has 0 radical (unpaired) electrons. The highest BCUT2D eigenvalue weighted by molar-refractivity contribution is 5.64. The monoisotopic (exact) mass is 416 g/mol. The minimum Gasteiger partial charge on any atom is -0.431 e. The van der Waals surface area contributed by atoms with Gasteiger partial charge in [-0.05, 0) is 80.8 Å². The zero-order valence-electron chi connectivity index (χ0n) is 17.5. The van der Waals surface area contributed by atoms with Gasteiger partial charge in [-0.1, -0.05) is 6.92 Å². The van der Waals surface area contributed by atoms with Gasteiger partial charge in [-0.2, -0.15) is 0 Å². The highest BCUT2D eigenvalue weighted by Gasteiger charge is 2.71. The lowest BCUT2D eigenvalue weighted by Crippen LogP contribution is -2.68. The molecule has 4 fully saturated rings. The number of carbonyl (C=O) groups excluding carboxylic acids is 1. The predicted octanol–water partition coefficient (Wildman–Crippen LogP) is 2.54. The normalized spacial score (nSPS) is 50.3. The Morgan fingerprint density at radius 3 is 2.50 bits per heavy atom. The molecule has 0 amide bonds. The second kappa shape index (κ2) is 6.50. The summed E-state index contributed by atoms with van der Waals surface area (Å²) in [6.07, 6.45) is 7.24. The quantitative estimate of drug-likeness (QED) is 0.640. The van der Waals surface area contributed by atoms with Gasteiger partial charge in [0.25, 0.3) is 0 Å². The van der Waals surface area contributed by atoms with E-state index in [2.05, 4.69) is 6.92 Å². The van der Waals surface area contributed by atoms with Gasteiger partial charge in [0, 0.05) is 17.9 Å². The molecule has 4 aliphatic rings. The highest BCUT2D eigenvalue weighted by Crippen LogP contribution is 2.70. The highest BCUT2D eigenvalue weighted by atomic mass is 16.4. The summed E-state index contributed by atoms with van der Waals surface area (Å²) >= 11 is 0. The maximum Gasteiger partial charge on any atom is 0.335 e. The molecule has 0 aromatic carbocycles. The van der Waals surface area contributed by atoms with Crippen molar-refractivity contribution in [3.63, 3.8) is 0 Å². The Kier molecular flexibility index (Phi) is 4.42. The van der Waals surface area contributed by atoms with Gasteiger partial charge in [0.05, 0.1) is 29.0 Å². The minimum atomic E-state index is -1.18. The lowest BCUT2D eigenvalue weighted by molar-refractivity contribution is -0.247. The minimum absolute atomic E-state index is 0.0577. The van der Waals surface area contributed by atoms with Crippen molar-refractivity contribution in [2.45, 2.75) is 87.9 Å². The Labute approximate surface area is 176 Å². The van der Waals surface area contributed by atoms with E-state index in [0.717, 1.165) is 31.1 Å². The first-order valence-electron chi connectivity index (χ1n) is 11.4. The van der Waals surface area contributed by atoms with Crippen LogP contribution in [0.1, 0.15) is 76.2 Å². The zero-order valence-corrected chi connectivity index (χ0v) is 17.5. The van der Waals surface area contributed by atoms with Crippen LogP contribution >= 0.6 is 0 Å². The Morgan fingerprint density at radius 2 is 1.80 bits per heavy atom. The molecule has 8 atom stereocenters. The molecule has 4 saturated carbocycles. The van der Waals surface area contributed by atoms with E-state index in [9.17, 15) is 24.9 Å². The van der Waals surface area contributed by atoms with Gasteiger partial charge in [-0.15, -0.1) is 0 Å². The van der Waals surface area contributed by atoms with Crippen LogP contribution in [-0.2, 0) is 4.79 Å². The third kappa shape index (κ3) is 2.41. The molecule has 1 aromatic rings. The molecule has 0 spiro atoms. The molecule has 164 valence electrons. The van der Waals surface area contributed by atoms with Crippen molar-refractivity contribution in [1.29, 1.82) is 0 Å². The van der Waals surface area contributed by atoms with E-state index in [0.29, 0.717) is 32.1 Å². The van der Waals surface area contributed by atoms with Gasteiger partial charge in [0.2, 0.25) is 0 Å². The SMILES string of the molecule is C[C@@]12CC[C@@H]3[C@H](CC[C@@]4(O)C[C@H](O)CC[C@@]34C=O)[C@]1(O)CC[C@H]2c1ccc(=O)oc1. The maximum atomic E-state index is 12.5. The van der Waals surface area contributed by atoms with Crippen molar-refractivity contribution in [3.8, 4) is 0 Å². The molecular formula is C24H32O6. The summed E-state index contributed by atoms with van der Waals surface area (Å²) in [5.74, 6) is -0.0431. The lowest BCUT2D eigenvalue weighted by atomic mass is 9.41. The molecule has 0 aliphatic heterocycles. The predicted molar refractivity (Wildman–Crippen MR) is 109 cm³/mol. The van der Waals surface area contributed by atoms with Crippen molar-refractivity contribution < 1.29 is 24.5 Å². The maximum absolute atomic E-state index is 12.5. The number of rotatable bonds is 2. The van der Waals surface area contributed by atoms with Crippen LogP contribution in [0.4, 0.5) is 0 Å². The van der Waals surface area contributed by atoms with Crippen LogP contribution in [0.5, 0.6) is 0 Å². The van der Waals surface area contributed by atoms with Crippen molar-refractivity contribution in [2.75, 3.05) is 0 Å². The van der Waals surface area contributed by atoms with E-state index >= 15 is 0 Å². The second-order valence-electron chi connectivity index (χ2n) is 10.7. The summed E-state index contributed by atoms with van der Waals surface area (Å²) in [6, 6.07) is 3.26. The molecule has 0 unspecified atom stereocenters. The van der Waals surface area contributed by atoms with Crippen LogP contribution in [0.2, 0.25) is 0 Å². The second-order valence-corrected chi connectivity index (χ2v) is 10.7. The number of aliphatic hydroxyl groups is 3. The van der Waals surface area contributed by atoms with Gasteiger partial charge >= 0.3 is 5.63 Å². The summed E-state index contributed by atoms with van der Waals surface area (Å²) in [5.41, 5.74) is -2.79. The van der Waals surface area contributed by atoms with Crippen molar-refractivity contribution in [2.24, 2.45) is 22.7 Å². The Hall–Kier alpha value is -1.50. The topological polar surface area (TPSA) is 108 Å². The molecule has 4 aliphatic carbocycles. The number of carbonyl (C=O) groups is 1. The summed E-state index contributed by atoms with van der Waals surface area (Å²) in [7, 11) is 0. The van der Waals surface area contributed by atoms with Crippen LogP contribution in [0.3, 0.4) is 0 Å². The summed E-state index contributed by atoms with van der Waals surface area (Å²) < 4.78 is 5.12. The van der Waals surface area contributed by atoms with Crippen molar-refractivity contribution >= 4 is 6.29 Å². The van der Waals surface area contributed by atoms with E-state index < -0.39 is 22.7 Å². The third-order valence-electron chi connectivity index (χ3n) is 9.84. The fourth-order valence-corrected chi connectivity index (χ4v) is 8.25. The molecule has 6 nitrogen and oxygen atoms in total. The molecule has 3 N–H and O–H groups in total. The zero-order chi connectivity index (χ0) is 21.4. The summed E-state index contributed by atoms with van der Waals surface area (Å²) in [5, 5.41) is 33.8. The molecule has 1 aromatic heterocycles. The molecule has 0 bridgehead atoms. The largest absolute Gasteiger partial charge is 0.431 e. The van der Waals surface area contributed by atoms with Crippen LogP contribution in [0, 0.1) is 22.7 Å². The fraction of sp³-hybridized carbons (Fsp3) is 0.750. The molecular weight excluding hydrogens is 384 g/mol. The first-order valence-corrected chi connectivity index (χ1v) is 11.4. The lowest BCUT2D eigenvalue weighted by Gasteiger charge is -2.65. The van der Waals surface area contributed by atoms with Gasteiger partial charge in [-0.25, -0.2) is 4.79 Å². The molecule has 0 saturated heterocycles. The van der Waals surface area contributed by atoms with Crippen LogP contribution in [-0.4, -0.2) is 38.9 Å². The van der Waals surface area contributed by atoms with E-state index in [-0.39, 0.29) is 35.2 Å². The Morgan fingerprint density at radius 1 is 1.03 bits per heavy atom. The van der Waals surface area contributed by atoms with Gasteiger partial charge in [0.1, 0.15) is 6.29 Å². The Balaban J connectivity index is 1.53. The molecule has 6 heteroatoms. The smallest absolute Gasteiger partial charge is 0.335 e. The number of aliphatic hydroxyl groups excluding tert-OH is 1. The molecule has 1 heterocycles. The molecule has 5 rings (SSSR count). The van der Waals surface area contributed by atoms with Crippen LogP contribution in [0.15, 0.2) is 27.6 Å². The fourth-order valence-electron chi connectivity index (χ4n) is 8.25. The number of hydrogen-bond donors (Lipinski definition) is 3. The molecule has 30 heavy (non-hydrogen) atoms. The van der Waals surface area contributed by atoms with Crippen LogP contribution in [0.25, 0.3) is 0 Å². The average molecular weight is 417 g/mol. The summed E-state index contributed by atoms with van der Waals surface area (Å²) in [4.78, 5) is 23.9. The Bertz CT molecular complexity index is 891. The van der Waals surface area contributed by atoms with Crippen LogP contribution < -0.4 is 5.63 Å².